The minimum Gasteiger partial charge on any atom is -0.356 e. The summed E-state index contributed by atoms with van der Waals surface area (Å²) < 4.78 is 0. The monoisotopic (exact) mass is 443 g/mol. The molecule has 6 heteroatoms. The lowest BCUT2D eigenvalue weighted by molar-refractivity contribution is 0.459. The molecule has 1 aromatic heterocycles. The van der Waals surface area contributed by atoms with Gasteiger partial charge in [-0.15, -0.1) is 24.0 Å². The maximum atomic E-state index is 4.54. The smallest absolute Gasteiger partial charge is 0.191 e. The summed E-state index contributed by atoms with van der Waals surface area (Å²) in [6.45, 7) is 5.21. The molecule has 1 saturated carbocycles. The van der Waals surface area contributed by atoms with Gasteiger partial charge in [0.2, 0.25) is 0 Å². The van der Waals surface area contributed by atoms with Gasteiger partial charge in [-0.25, -0.2) is 4.98 Å². The summed E-state index contributed by atoms with van der Waals surface area (Å²) in [5.74, 6) is 3.02. The predicted octanol–water partition coefficient (Wildman–Crippen LogP) is 2.94. The van der Waals surface area contributed by atoms with Gasteiger partial charge in [0.25, 0.3) is 0 Å². The van der Waals surface area contributed by atoms with Crippen molar-refractivity contribution in [2.24, 2.45) is 10.9 Å². The number of rotatable bonds is 5. The van der Waals surface area contributed by atoms with Crippen LogP contribution in [0.25, 0.3) is 0 Å². The molecule has 0 spiro atoms. The van der Waals surface area contributed by atoms with Crippen LogP contribution in [0, 0.1) is 12.8 Å². The first kappa shape index (κ1) is 19.3. The fourth-order valence-electron chi connectivity index (χ4n) is 3.09. The Hall–Kier alpha value is -1.05. The molecule has 1 aliphatic carbocycles. The average Bonchev–Trinajstić information content (AvgIpc) is 3.40. The zero-order chi connectivity index (χ0) is 16.1. The second kappa shape index (κ2) is 9.44. The Bertz CT molecular complexity index is 519. The van der Waals surface area contributed by atoms with E-state index in [-0.39, 0.29) is 24.0 Å². The predicted molar refractivity (Wildman–Crippen MR) is 111 cm³/mol. The van der Waals surface area contributed by atoms with E-state index in [1.807, 2.05) is 13.2 Å². The maximum Gasteiger partial charge on any atom is 0.191 e. The highest BCUT2D eigenvalue weighted by Gasteiger charge is 2.22. The molecule has 134 valence electrons. The highest BCUT2D eigenvalue weighted by Crippen LogP contribution is 2.31. The third-order valence-corrected chi connectivity index (χ3v) is 4.82. The molecule has 2 heterocycles. The molecule has 2 aliphatic rings. The van der Waals surface area contributed by atoms with Crippen LogP contribution in [0.4, 0.5) is 5.82 Å². The van der Waals surface area contributed by atoms with E-state index in [1.165, 1.54) is 24.8 Å². The summed E-state index contributed by atoms with van der Waals surface area (Å²) in [6.07, 6.45) is 8.31. The molecule has 2 fully saturated rings. The highest BCUT2D eigenvalue weighted by molar-refractivity contribution is 14.0. The zero-order valence-electron chi connectivity index (χ0n) is 14.8. The number of hydrogen-bond donors (Lipinski definition) is 2. The van der Waals surface area contributed by atoms with Crippen molar-refractivity contribution in [1.29, 1.82) is 0 Å². The van der Waals surface area contributed by atoms with Crippen LogP contribution in [-0.2, 0) is 0 Å². The lowest BCUT2D eigenvalue weighted by atomic mass is 10.1. The number of nitrogens with zero attached hydrogens (tertiary/aromatic N) is 3. The van der Waals surface area contributed by atoms with E-state index >= 15 is 0 Å². The molecule has 2 N–H and O–H groups in total. The third kappa shape index (κ3) is 5.79. The minimum atomic E-state index is 0. The van der Waals surface area contributed by atoms with Gasteiger partial charge in [0.05, 0.1) is 0 Å². The summed E-state index contributed by atoms with van der Waals surface area (Å²) >= 11 is 0. The van der Waals surface area contributed by atoms with Crippen molar-refractivity contribution in [3.63, 3.8) is 0 Å². The number of piperidine rings is 1. The Kier molecular flexibility index (Phi) is 7.58. The van der Waals surface area contributed by atoms with Crippen molar-refractivity contribution in [3.05, 3.63) is 23.9 Å². The van der Waals surface area contributed by atoms with Crippen LogP contribution in [0.3, 0.4) is 0 Å². The fraction of sp³-hybridized carbons (Fsp3) is 0.667. The van der Waals surface area contributed by atoms with E-state index < -0.39 is 0 Å². The van der Waals surface area contributed by atoms with Gasteiger partial charge in [-0.2, -0.15) is 0 Å². The standard InChI is InChI=1S/C18H29N5.HI/c1-14-3-6-17(21-13-14)23-11-8-16(9-12-23)22-18(19-2)20-10-7-15-4-5-15;/h3,6,13,15-16H,4-5,7-12H2,1-2H3,(H2,19,20,22);1H. The average molecular weight is 443 g/mol. The van der Waals surface area contributed by atoms with Gasteiger partial charge in [0.15, 0.2) is 5.96 Å². The van der Waals surface area contributed by atoms with Gasteiger partial charge in [0.1, 0.15) is 5.82 Å². The molecule has 0 bridgehead atoms. The molecule has 24 heavy (non-hydrogen) atoms. The van der Waals surface area contributed by atoms with Crippen molar-refractivity contribution >= 4 is 35.8 Å². The van der Waals surface area contributed by atoms with Gasteiger partial charge < -0.3 is 15.5 Å². The number of aliphatic imine (C=N–C) groups is 1. The summed E-state index contributed by atoms with van der Waals surface area (Å²) in [7, 11) is 1.86. The molecule has 0 atom stereocenters. The highest BCUT2D eigenvalue weighted by atomic mass is 127. The van der Waals surface area contributed by atoms with Gasteiger partial charge in [-0.3, -0.25) is 4.99 Å². The lowest BCUT2D eigenvalue weighted by Gasteiger charge is -2.33. The van der Waals surface area contributed by atoms with E-state index in [1.54, 1.807) is 0 Å². The Morgan fingerprint density at radius 1 is 1.25 bits per heavy atom. The normalized spacial score (nSPS) is 18.9. The van der Waals surface area contributed by atoms with Crippen LogP contribution in [0.1, 0.15) is 37.7 Å². The van der Waals surface area contributed by atoms with Crippen molar-refractivity contribution in [1.82, 2.24) is 15.6 Å². The van der Waals surface area contributed by atoms with Crippen LogP contribution in [-0.4, -0.2) is 43.7 Å². The van der Waals surface area contributed by atoms with Crippen LogP contribution >= 0.6 is 24.0 Å². The molecule has 1 saturated heterocycles. The van der Waals surface area contributed by atoms with Crippen LogP contribution in [0.5, 0.6) is 0 Å². The number of halogens is 1. The topological polar surface area (TPSA) is 52.6 Å². The first-order valence-electron chi connectivity index (χ1n) is 8.89. The number of aromatic nitrogens is 1. The molecule has 0 radical (unpaired) electrons. The molecule has 1 aliphatic heterocycles. The summed E-state index contributed by atoms with van der Waals surface area (Å²) in [5, 5.41) is 7.02. The van der Waals surface area contributed by atoms with E-state index in [0.717, 1.165) is 50.2 Å². The first-order valence-corrected chi connectivity index (χ1v) is 8.89. The second-order valence-electron chi connectivity index (χ2n) is 6.83. The van der Waals surface area contributed by atoms with Gasteiger partial charge >= 0.3 is 0 Å². The molecule has 5 nitrogen and oxygen atoms in total. The van der Waals surface area contributed by atoms with E-state index in [9.17, 15) is 0 Å². The van der Waals surface area contributed by atoms with Crippen molar-refractivity contribution in [3.8, 4) is 0 Å². The summed E-state index contributed by atoms with van der Waals surface area (Å²) in [4.78, 5) is 11.3. The summed E-state index contributed by atoms with van der Waals surface area (Å²) in [5.41, 5.74) is 1.21. The van der Waals surface area contributed by atoms with Gasteiger partial charge in [-0.1, -0.05) is 18.9 Å². The molecular formula is C18H30IN5. The first-order chi connectivity index (χ1) is 11.2. The molecule has 0 aromatic carbocycles. The van der Waals surface area contributed by atoms with E-state index in [4.69, 9.17) is 0 Å². The van der Waals surface area contributed by atoms with Crippen molar-refractivity contribution < 1.29 is 0 Å². The van der Waals surface area contributed by atoms with Gasteiger partial charge in [0, 0.05) is 38.9 Å². The molecule has 0 unspecified atom stereocenters. The fourth-order valence-corrected chi connectivity index (χ4v) is 3.09. The molecule has 0 amide bonds. The quantitative estimate of drug-likeness (QED) is 0.418. The van der Waals surface area contributed by atoms with E-state index in [2.05, 4.69) is 44.6 Å². The SMILES string of the molecule is CN=C(NCCC1CC1)NC1CCN(c2ccc(C)cn2)CC1.I. The number of nitrogens with one attached hydrogen (secondary N) is 2. The van der Waals surface area contributed by atoms with Crippen LogP contribution in [0.15, 0.2) is 23.3 Å². The zero-order valence-corrected chi connectivity index (χ0v) is 17.1. The van der Waals surface area contributed by atoms with Crippen LogP contribution < -0.4 is 15.5 Å². The number of aryl methyl sites for hydroxylation is 1. The maximum absolute atomic E-state index is 4.54. The largest absolute Gasteiger partial charge is 0.356 e. The molecule has 1 aromatic rings. The Labute approximate surface area is 162 Å². The number of guanidine groups is 1. The lowest BCUT2D eigenvalue weighted by Crippen LogP contribution is -2.49. The van der Waals surface area contributed by atoms with Crippen LogP contribution in [0.2, 0.25) is 0 Å². The van der Waals surface area contributed by atoms with Crippen molar-refractivity contribution in [2.75, 3.05) is 31.6 Å². The number of pyridine rings is 1. The Morgan fingerprint density at radius 2 is 2.00 bits per heavy atom. The Balaban J connectivity index is 0.00000208. The third-order valence-electron chi connectivity index (χ3n) is 4.82. The van der Waals surface area contributed by atoms with Crippen molar-refractivity contribution in [2.45, 2.75) is 45.1 Å². The number of anilines is 1. The summed E-state index contributed by atoms with van der Waals surface area (Å²) in [6, 6.07) is 4.77. The Morgan fingerprint density at radius 3 is 2.58 bits per heavy atom. The molecular weight excluding hydrogens is 413 g/mol. The van der Waals surface area contributed by atoms with E-state index in [0.29, 0.717) is 6.04 Å². The minimum absolute atomic E-state index is 0. The number of hydrogen-bond acceptors (Lipinski definition) is 3. The second-order valence-corrected chi connectivity index (χ2v) is 6.83. The molecule has 3 rings (SSSR count). The van der Waals surface area contributed by atoms with Gasteiger partial charge in [-0.05, 0) is 43.7 Å².